The van der Waals surface area contributed by atoms with Crippen LogP contribution in [0.25, 0.3) is 11.3 Å². The number of hydrogen-bond donors (Lipinski definition) is 0. The van der Waals surface area contributed by atoms with Gasteiger partial charge in [0.15, 0.2) is 23.7 Å². The second-order valence-electron chi connectivity index (χ2n) is 7.04. The summed E-state index contributed by atoms with van der Waals surface area (Å²) >= 11 is 0. The van der Waals surface area contributed by atoms with Crippen LogP contribution in [0.2, 0.25) is 0 Å². The molecule has 3 aromatic rings. The highest BCUT2D eigenvalue weighted by Crippen LogP contribution is 2.29. The lowest BCUT2D eigenvalue weighted by atomic mass is 10.1. The fourth-order valence-electron chi connectivity index (χ4n) is 3.89. The Morgan fingerprint density at radius 3 is 2.40 bits per heavy atom. The first-order chi connectivity index (χ1) is 14.1. The lowest BCUT2D eigenvalue weighted by Crippen LogP contribution is -3.00. The molecule has 0 spiro atoms. The molecule has 0 N–H and O–H groups in total. The number of ether oxygens (including phenoxy) is 3. The number of Topliss-reactive ketones (excluding diaryl/α,β-unsaturated/α-hetero) is 1. The molecule has 1 aromatic heterocycles. The minimum Gasteiger partial charge on any atom is -1.00 e. The normalized spacial score (nSPS) is 12.1. The van der Waals surface area contributed by atoms with Crippen molar-refractivity contribution in [3.05, 3.63) is 60.0 Å². The molecule has 0 saturated heterocycles. The Morgan fingerprint density at radius 2 is 1.73 bits per heavy atom. The van der Waals surface area contributed by atoms with Gasteiger partial charge in [0.05, 0.1) is 34.3 Å². The Morgan fingerprint density at radius 1 is 1.00 bits per heavy atom. The van der Waals surface area contributed by atoms with E-state index in [-0.39, 0.29) is 22.8 Å². The van der Waals surface area contributed by atoms with Gasteiger partial charge in [-0.05, 0) is 48.9 Å². The number of ketones is 1. The first-order valence-electron chi connectivity index (χ1n) is 9.66. The highest BCUT2D eigenvalue weighted by molar-refractivity contribution is 5.95. The molecule has 4 rings (SSSR count). The van der Waals surface area contributed by atoms with Crippen LogP contribution in [0.4, 0.5) is 0 Å². The summed E-state index contributed by atoms with van der Waals surface area (Å²) in [5.74, 6) is 3.23. The summed E-state index contributed by atoms with van der Waals surface area (Å²) in [5.41, 5.74) is 2.85. The largest absolute Gasteiger partial charge is 1.00 e. The van der Waals surface area contributed by atoms with Crippen molar-refractivity contribution in [2.75, 3.05) is 21.3 Å². The lowest BCUT2D eigenvalue weighted by molar-refractivity contribution is -0.689. The molecule has 0 amide bonds. The molecule has 1 aliphatic heterocycles. The summed E-state index contributed by atoms with van der Waals surface area (Å²) in [6.45, 7) is 1.26. The third kappa shape index (κ3) is 4.07. The van der Waals surface area contributed by atoms with Gasteiger partial charge in [0.2, 0.25) is 5.78 Å². The van der Waals surface area contributed by atoms with E-state index >= 15 is 0 Å². The van der Waals surface area contributed by atoms with E-state index in [1.54, 1.807) is 39.5 Å². The van der Waals surface area contributed by atoms with E-state index in [0.717, 1.165) is 36.4 Å². The van der Waals surface area contributed by atoms with Gasteiger partial charge in [-0.25, -0.2) is 9.13 Å². The van der Waals surface area contributed by atoms with Crippen LogP contribution in [-0.4, -0.2) is 31.7 Å². The lowest BCUT2D eigenvalue weighted by Gasteiger charge is -2.08. The third-order valence-electron chi connectivity index (χ3n) is 5.40. The molecule has 0 fully saturated rings. The smallest absolute Gasteiger partial charge is 0.257 e. The molecule has 0 bridgehead atoms. The van der Waals surface area contributed by atoms with Crippen molar-refractivity contribution in [3.63, 3.8) is 0 Å². The number of nitrogens with zero attached hydrogens (tertiary/aromatic N) is 2. The van der Waals surface area contributed by atoms with Gasteiger partial charge < -0.3 is 31.2 Å². The molecular formula is C23H25BrN2O4. The zero-order valence-electron chi connectivity index (χ0n) is 17.4. The fourth-order valence-corrected chi connectivity index (χ4v) is 3.89. The zero-order chi connectivity index (χ0) is 20.4. The maximum Gasteiger partial charge on any atom is 0.257 e. The van der Waals surface area contributed by atoms with E-state index in [2.05, 4.69) is 27.5 Å². The summed E-state index contributed by atoms with van der Waals surface area (Å²) in [7, 11) is 4.82. The molecule has 0 radical (unpaired) electrons. The van der Waals surface area contributed by atoms with E-state index < -0.39 is 0 Å². The summed E-state index contributed by atoms with van der Waals surface area (Å²) in [5, 5.41) is 0. The first kappa shape index (κ1) is 21.9. The quantitative estimate of drug-likeness (QED) is 0.366. The van der Waals surface area contributed by atoms with Crippen LogP contribution in [0.3, 0.4) is 0 Å². The Balaban J connectivity index is 0.00000256. The van der Waals surface area contributed by atoms with Gasteiger partial charge in [-0.15, -0.1) is 0 Å². The van der Waals surface area contributed by atoms with Crippen molar-refractivity contribution in [1.82, 2.24) is 4.57 Å². The molecule has 0 saturated carbocycles. The van der Waals surface area contributed by atoms with Gasteiger partial charge in [-0.2, -0.15) is 0 Å². The number of methoxy groups -OCH3 is 3. The summed E-state index contributed by atoms with van der Waals surface area (Å²) < 4.78 is 20.2. The Kier molecular flexibility index (Phi) is 6.82. The average molecular weight is 473 g/mol. The molecule has 0 aliphatic carbocycles. The van der Waals surface area contributed by atoms with Gasteiger partial charge in [0, 0.05) is 11.1 Å². The topological polar surface area (TPSA) is 53.6 Å². The molecule has 0 unspecified atom stereocenters. The van der Waals surface area contributed by atoms with Crippen molar-refractivity contribution < 1.29 is 40.6 Å². The van der Waals surface area contributed by atoms with Crippen molar-refractivity contribution >= 4 is 5.78 Å². The average Bonchev–Trinajstić information content (AvgIpc) is 3.37. The summed E-state index contributed by atoms with van der Waals surface area (Å²) in [6, 6.07) is 13.3. The predicted molar refractivity (Wildman–Crippen MR) is 109 cm³/mol. The number of carbonyl (C=O) groups excluding carboxylic acids is 1. The SMILES string of the molecule is COc1ccc(-c2c[n+](CC(=O)c3ccc(OC)c(OC)c3)c3n2CCC3)cc1.[Br-]. The predicted octanol–water partition coefficient (Wildman–Crippen LogP) is 0.302. The molecule has 2 heterocycles. The Bertz CT molecular complexity index is 1040. The standard InChI is InChI=1S/C23H25N2O4.BrH/c1-27-18-9-6-16(7-10-18)19-14-24(23-5-4-12-25(19)23)15-20(26)17-8-11-21(28-2)22(13-17)29-3;/h6-11,13-14H,4-5,12,15H2,1-3H3;1H/q+1;/p-1. The number of benzene rings is 2. The minimum atomic E-state index is 0. The first-order valence-corrected chi connectivity index (χ1v) is 9.66. The van der Waals surface area contributed by atoms with Gasteiger partial charge in [-0.3, -0.25) is 4.79 Å². The van der Waals surface area contributed by atoms with Crippen molar-refractivity contribution in [3.8, 4) is 28.5 Å². The number of hydrogen-bond acceptors (Lipinski definition) is 4. The fraction of sp³-hybridized carbons (Fsp3) is 0.304. The number of imidazole rings is 1. The van der Waals surface area contributed by atoms with Gasteiger partial charge in [0.25, 0.3) is 5.82 Å². The summed E-state index contributed by atoms with van der Waals surface area (Å²) in [4.78, 5) is 13.0. The van der Waals surface area contributed by atoms with Gasteiger partial charge >= 0.3 is 0 Å². The van der Waals surface area contributed by atoms with Crippen LogP contribution in [0.5, 0.6) is 17.2 Å². The van der Waals surface area contributed by atoms with Crippen molar-refractivity contribution in [2.24, 2.45) is 0 Å². The zero-order valence-corrected chi connectivity index (χ0v) is 18.9. The maximum atomic E-state index is 13.0. The molecule has 0 atom stereocenters. The van der Waals surface area contributed by atoms with E-state index in [4.69, 9.17) is 14.2 Å². The van der Waals surface area contributed by atoms with Crippen LogP contribution < -0.4 is 35.8 Å². The molecular weight excluding hydrogens is 448 g/mol. The van der Waals surface area contributed by atoms with E-state index in [1.165, 1.54) is 5.82 Å². The second-order valence-corrected chi connectivity index (χ2v) is 7.04. The molecule has 158 valence electrons. The van der Waals surface area contributed by atoms with Gasteiger partial charge in [0.1, 0.15) is 11.9 Å². The molecule has 30 heavy (non-hydrogen) atoms. The van der Waals surface area contributed by atoms with Gasteiger partial charge in [-0.1, -0.05) is 0 Å². The number of rotatable bonds is 7. The van der Waals surface area contributed by atoms with E-state index in [9.17, 15) is 4.79 Å². The Labute approximate surface area is 186 Å². The summed E-state index contributed by atoms with van der Waals surface area (Å²) in [6.07, 6.45) is 4.13. The van der Waals surface area contributed by atoms with E-state index in [0.29, 0.717) is 23.6 Å². The number of carbonyl (C=O) groups is 1. The maximum absolute atomic E-state index is 13.0. The highest BCUT2D eigenvalue weighted by atomic mass is 79.9. The van der Waals surface area contributed by atoms with Crippen molar-refractivity contribution in [1.29, 1.82) is 0 Å². The van der Waals surface area contributed by atoms with Crippen LogP contribution >= 0.6 is 0 Å². The minimum absolute atomic E-state index is 0. The van der Waals surface area contributed by atoms with Crippen molar-refractivity contribution in [2.45, 2.75) is 25.9 Å². The monoisotopic (exact) mass is 472 g/mol. The molecule has 1 aliphatic rings. The molecule has 6 nitrogen and oxygen atoms in total. The third-order valence-corrected chi connectivity index (χ3v) is 5.40. The number of aromatic nitrogens is 2. The van der Waals surface area contributed by atoms with Crippen LogP contribution in [0.1, 0.15) is 22.6 Å². The van der Waals surface area contributed by atoms with Crippen LogP contribution in [0.15, 0.2) is 48.7 Å². The number of fused-ring (bicyclic) bond motifs is 1. The Hall–Kier alpha value is -2.80. The van der Waals surface area contributed by atoms with Crippen LogP contribution in [0, 0.1) is 0 Å². The second kappa shape index (κ2) is 9.34. The van der Waals surface area contributed by atoms with E-state index in [1.807, 2.05) is 12.1 Å². The molecule has 7 heteroatoms. The highest BCUT2D eigenvalue weighted by Gasteiger charge is 2.30. The molecule has 2 aromatic carbocycles. The number of halogens is 1. The van der Waals surface area contributed by atoms with Crippen LogP contribution in [-0.2, 0) is 19.5 Å².